The molecule has 1 heterocycles. The Morgan fingerprint density at radius 2 is 2.45 bits per heavy atom. The molecule has 0 amide bonds. The summed E-state index contributed by atoms with van der Waals surface area (Å²) in [6.07, 6.45) is 3.18. The summed E-state index contributed by atoms with van der Waals surface area (Å²) in [4.78, 5) is 0. The molecule has 1 aromatic heterocycles. The highest BCUT2D eigenvalue weighted by Gasteiger charge is 2.08. The Kier molecular flexibility index (Phi) is 2.97. The summed E-state index contributed by atoms with van der Waals surface area (Å²) in [5.41, 5.74) is 5.74. The Hall–Kier alpha value is -0.970. The van der Waals surface area contributed by atoms with Crippen molar-refractivity contribution in [1.29, 1.82) is 0 Å². The lowest BCUT2D eigenvalue weighted by atomic mass is 10.1. The Labute approximate surface area is 65.4 Å². The fourth-order valence-corrected chi connectivity index (χ4v) is 0.880. The molecule has 0 saturated carbocycles. The lowest BCUT2D eigenvalue weighted by Crippen LogP contribution is -2.11. The normalized spacial score (nSPS) is 13.3. The molecule has 0 aliphatic carbocycles. The molecular formula is C6H13N5. The summed E-state index contributed by atoms with van der Waals surface area (Å²) in [5.74, 6) is 0.610. The molecule has 11 heavy (non-hydrogen) atoms. The van der Waals surface area contributed by atoms with Gasteiger partial charge in [-0.05, 0) is 6.42 Å². The third-order valence-electron chi connectivity index (χ3n) is 1.56. The number of tetrazole rings is 1. The SMILES string of the molecule is CCCC[C@@H](N)c1nn[nH]n1. The van der Waals surface area contributed by atoms with E-state index in [1.54, 1.807) is 0 Å². The van der Waals surface area contributed by atoms with Gasteiger partial charge in [0.2, 0.25) is 0 Å². The van der Waals surface area contributed by atoms with Crippen molar-refractivity contribution < 1.29 is 0 Å². The first-order valence-corrected chi connectivity index (χ1v) is 3.83. The first kappa shape index (κ1) is 8.13. The summed E-state index contributed by atoms with van der Waals surface area (Å²) >= 11 is 0. The van der Waals surface area contributed by atoms with Gasteiger partial charge in [-0.15, -0.1) is 10.2 Å². The monoisotopic (exact) mass is 155 g/mol. The lowest BCUT2D eigenvalue weighted by molar-refractivity contribution is 0.575. The predicted molar refractivity (Wildman–Crippen MR) is 40.6 cm³/mol. The summed E-state index contributed by atoms with van der Waals surface area (Å²) in [6.45, 7) is 2.13. The maximum Gasteiger partial charge on any atom is 0.191 e. The van der Waals surface area contributed by atoms with Gasteiger partial charge in [-0.2, -0.15) is 5.21 Å². The molecular weight excluding hydrogens is 142 g/mol. The summed E-state index contributed by atoms with van der Waals surface area (Å²) in [7, 11) is 0. The fraction of sp³-hybridized carbons (Fsp3) is 0.833. The van der Waals surface area contributed by atoms with Gasteiger partial charge < -0.3 is 5.73 Å². The predicted octanol–water partition coefficient (Wildman–Crippen LogP) is 0.390. The van der Waals surface area contributed by atoms with Gasteiger partial charge in [-0.1, -0.05) is 25.0 Å². The second-order valence-corrected chi connectivity index (χ2v) is 2.52. The largest absolute Gasteiger partial charge is 0.321 e. The second-order valence-electron chi connectivity index (χ2n) is 2.52. The van der Waals surface area contributed by atoms with E-state index in [-0.39, 0.29) is 6.04 Å². The number of rotatable bonds is 4. The highest BCUT2D eigenvalue weighted by Crippen LogP contribution is 2.10. The summed E-state index contributed by atoms with van der Waals surface area (Å²) < 4.78 is 0. The van der Waals surface area contributed by atoms with Crippen LogP contribution < -0.4 is 5.73 Å². The molecule has 0 aliphatic rings. The molecule has 0 aliphatic heterocycles. The summed E-state index contributed by atoms with van der Waals surface area (Å²) in [6, 6.07) is -0.0614. The van der Waals surface area contributed by atoms with Crippen molar-refractivity contribution in [3.05, 3.63) is 5.82 Å². The topological polar surface area (TPSA) is 80.5 Å². The van der Waals surface area contributed by atoms with E-state index in [2.05, 4.69) is 27.5 Å². The number of aromatic nitrogens is 4. The minimum absolute atomic E-state index is 0.0614. The van der Waals surface area contributed by atoms with E-state index in [4.69, 9.17) is 5.73 Å². The Morgan fingerprint density at radius 1 is 1.64 bits per heavy atom. The average molecular weight is 155 g/mol. The van der Waals surface area contributed by atoms with E-state index in [1.165, 1.54) is 0 Å². The van der Waals surface area contributed by atoms with Crippen molar-refractivity contribution in [1.82, 2.24) is 20.6 Å². The third-order valence-corrected chi connectivity index (χ3v) is 1.56. The number of aromatic amines is 1. The molecule has 5 heteroatoms. The quantitative estimate of drug-likeness (QED) is 0.659. The van der Waals surface area contributed by atoms with Crippen LogP contribution in [0.2, 0.25) is 0 Å². The van der Waals surface area contributed by atoms with Crippen molar-refractivity contribution >= 4 is 0 Å². The number of nitrogens with two attached hydrogens (primary N) is 1. The number of nitrogens with zero attached hydrogens (tertiary/aromatic N) is 3. The number of hydrogen-bond donors (Lipinski definition) is 2. The van der Waals surface area contributed by atoms with E-state index in [0.29, 0.717) is 5.82 Å². The van der Waals surface area contributed by atoms with Crippen LogP contribution in [-0.2, 0) is 0 Å². The first-order chi connectivity index (χ1) is 5.34. The van der Waals surface area contributed by atoms with Gasteiger partial charge in [0.1, 0.15) is 0 Å². The van der Waals surface area contributed by atoms with E-state index < -0.39 is 0 Å². The van der Waals surface area contributed by atoms with Crippen LogP contribution in [0.15, 0.2) is 0 Å². The van der Waals surface area contributed by atoms with Crippen LogP contribution in [0.5, 0.6) is 0 Å². The minimum Gasteiger partial charge on any atom is -0.321 e. The van der Waals surface area contributed by atoms with Crippen molar-refractivity contribution in [3.63, 3.8) is 0 Å². The van der Waals surface area contributed by atoms with Gasteiger partial charge >= 0.3 is 0 Å². The molecule has 0 spiro atoms. The van der Waals surface area contributed by atoms with E-state index in [0.717, 1.165) is 19.3 Å². The average Bonchev–Trinajstić information content (AvgIpc) is 2.52. The molecule has 0 radical (unpaired) electrons. The Balaban J connectivity index is 2.36. The molecule has 1 aromatic rings. The Bertz CT molecular complexity index is 183. The van der Waals surface area contributed by atoms with Gasteiger partial charge in [-0.25, -0.2) is 0 Å². The van der Waals surface area contributed by atoms with Crippen LogP contribution in [0, 0.1) is 0 Å². The highest BCUT2D eigenvalue weighted by molar-refractivity contribution is 4.85. The van der Waals surface area contributed by atoms with Crippen molar-refractivity contribution in [2.24, 2.45) is 5.73 Å². The number of nitrogens with one attached hydrogen (secondary N) is 1. The summed E-state index contributed by atoms with van der Waals surface area (Å²) in [5, 5.41) is 13.4. The van der Waals surface area contributed by atoms with E-state index in [1.807, 2.05) is 0 Å². The van der Waals surface area contributed by atoms with E-state index >= 15 is 0 Å². The standard InChI is InChI=1S/C6H13N5/c1-2-3-4-5(7)6-8-10-11-9-6/h5H,2-4,7H2,1H3,(H,8,9,10,11)/t5-/m1/s1. The smallest absolute Gasteiger partial charge is 0.191 e. The molecule has 0 bridgehead atoms. The highest BCUT2D eigenvalue weighted by atomic mass is 15.5. The van der Waals surface area contributed by atoms with Crippen molar-refractivity contribution in [3.8, 4) is 0 Å². The van der Waals surface area contributed by atoms with Gasteiger partial charge in [0.25, 0.3) is 0 Å². The molecule has 1 atom stereocenters. The number of hydrogen-bond acceptors (Lipinski definition) is 4. The zero-order chi connectivity index (χ0) is 8.10. The van der Waals surface area contributed by atoms with Crippen LogP contribution in [0.4, 0.5) is 0 Å². The molecule has 3 N–H and O–H groups in total. The van der Waals surface area contributed by atoms with Crippen LogP contribution in [0.3, 0.4) is 0 Å². The van der Waals surface area contributed by atoms with Crippen molar-refractivity contribution in [2.75, 3.05) is 0 Å². The third kappa shape index (κ3) is 2.27. The molecule has 62 valence electrons. The molecule has 0 saturated heterocycles. The van der Waals surface area contributed by atoms with Crippen LogP contribution in [0.1, 0.15) is 38.1 Å². The lowest BCUT2D eigenvalue weighted by Gasteiger charge is -2.03. The molecule has 5 nitrogen and oxygen atoms in total. The molecule has 0 aromatic carbocycles. The number of H-pyrrole nitrogens is 1. The van der Waals surface area contributed by atoms with E-state index in [9.17, 15) is 0 Å². The van der Waals surface area contributed by atoms with Crippen LogP contribution >= 0.6 is 0 Å². The minimum atomic E-state index is -0.0614. The van der Waals surface area contributed by atoms with Crippen LogP contribution in [0.25, 0.3) is 0 Å². The maximum absolute atomic E-state index is 5.74. The first-order valence-electron chi connectivity index (χ1n) is 3.83. The second kappa shape index (κ2) is 4.02. The molecule has 0 unspecified atom stereocenters. The van der Waals surface area contributed by atoms with Crippen molar-refractivity contribution in [2.45, 2.75) is 32.2 Å². The zero-order valence-electron chi connectivity index (χ0n) is 6.62. The van der Waals surface area contributed by atoms with Crippen LogP contribution in [-0.4, -0.2) is 20.6 Å². The van der Waals surface area contributed by atoms with Gasteiger partial charge in [0.05, 0.1) is 6.04 Å². The molecule has 0 fully saturated rings. The number of unbranched alkanes of at least 4 members (excludes halogenated alkanes) is 1. The van der Waals surface area contributed by atoms with Gasteiger partial charge in [-0.3, -0.25) is 0 Å². The maximum atomic E-state index is 5.74. The van der Waals surface area contributed by atoms with Gasteiger partial charge in [0.15, 0.2) is 5.82 Å². The van der Waals surface area contributed by atoms with Gasteiger partial charge in [0, 0.05) is 0 Å². The fourth-order valence-electron chi connectivity index (χ4n) is 0.880. The molecule has 1 rings (SSSR count). The zero-order valence-corrected chi connectivity index (χ0v) is 6.62. The Morgan fingerprint density at radius 3 is 3.00 bits per heavy atom.